The Morgan fingerprint density at radius 3 is 2.50 bits per heavy atom. The molecule has 42 heavy (non-hydrogen) atoms. The second kappa shape index (κ2) is 9.87. The molecule has 16 heteroatoms. The molecule has 3 N–H and O–H groups in total. The highest BCUT2D eigenvalue weighted by atomic mass is 35.5. The van der Waals surface area contributed by atoms with Gasteiger partial charge in [0.25, 0.3) is 18.2 Å². The number of amides is 2. The lowest BCUT2D eigenvalue weighted by Gasteiger charge is -2.27. The summed E-state index contributed by atoms with van der Waals surface area (Å²) in [5.74, 6) is -5.05. The molecule has 1 atom stereocenters. The van der Waals surface area contributed by atoms with E-state index in [9.17, 15) is 50.2 Å². The normalized spacial score (nSPS) is 18.0. The van der Waals surface area contributed by atoms with E-state index in [1.54, 1.807) is 0 Å². The van der Waals surface area contributed by atoms with Crippen LogP contribution in [0.1, 0.15) is 47.9 Å². The van der Waals surface area contributed by atoms with Crippen LogP contribution in [0.25, 0.3) is 11.0 Å². The third-order valence-electron chi connectivity index (χ3n) is 6.44. The van der Waals surface area contributed by atoms with Crippen molar-refractivity contribution in [3.8, 4) is 0 Å². The van der Waals surface area contributed by atoms with Crippen LogP contribution in [-0.2, 0) is 19.2 Å². The molecule has 2 heterocycles. The van der Waals surface area contributed by atoms with Crippen LogP contribution in [0.4, 0.5) is 36.4 Å². The van der Waals surface area contributed by atoms with Gasteiger partial charge in [-0.2, -0.15) is 13.2 Å². The summed E-state index contributed by atoms with van der Waals surface area (Å²) < 4.78 is 119. The van der Waals surface area contributed by atoms with E-state index >= 15 is 0 Å². The largest absolute Gasteiger partial charge is 0.406 e. The van der Waals surface area contributed by atoms with Gasteiger partial charge in [-0.1, -0.05) is 11.6 Å². The maximum atomic E-state index is 14.3. The van der Waals surface area contributed by atoms with Gasteiger partial charge in [0.15, 0.2) is 5.72 Å². The van der Waals surface area contributed by atoms with Gasteiger partial charge in [0.1, 0.15) is 18.2 Å². The van der Waals surface area contributed by atoms with E-state index in [-0.39, 0.29) is 14.2 Å². The average molecular weight is 620 g/mol. The molecular formula is C26H16ClF7N4O4. The number of benzene rings is 3. The van der Waals surface area contributed by atoms with Crippen molar-refractivity contribution in [3.05, 3.63) is 97.4 Å². The number of anilines is 1. The van der Waals surface area contributed by atoms with Gasteiger partial charge in [-0.15, -0.1) is 0 Å². The zero-order valence-corrected chi connectivity index (χ0v) is 21.2. The van der Waals surface area contributed by atoms with Crippen LogP contribution in [0.5, 0.6) is 0 Å². The SMILES string of the molecule is [2H]C([2H])([2H])n1c(=O)n(CC(F)(F)F)c2cc(NC(=O)c3cc(F)cc(C(F)F)c3)c3c(c21)C(=O)NC3(O)c1cc(F)ccc1Cl. The lowest BCUT2D eigenvalue weighted by atomic mass is 9.91. The summed E-state index contributed by atoms with van der Waals surface area (Å²) in [6.45, 7) is -5.57. The van der Waals surface area contributed by atoms with Gasteiger partial charge in [0.2, 0.25) is 0 Å². The number of fused-ring (bicyclic) bond motifs is 3. The summed E-state index contributed by atoms with van der Waals surface area (Å²) in [6, 6.07) is 4.66. The summed E-state index contributed by atoms with van der Waals surface area (Å²) in [5, 5.41) is 15.6. The fraction of sp³-hybridized carbons (Fsp3) is 0.192. The number of carbonyl (C=O) groups is 2. The van der Waals surface area contributed by atoms with Crippen molar-refractivity contribution in [3.63, 3.8) is 0 Å². The maximum Gasteiger partial charge on any atom is 0.406 e. The predicted molar refractivity (Wildman–Crippen MR) is 134 cm³/mol. The van der Waals surface area contributed by atoms with Crippen molar-refractivity contribution in [2.75, 3.05) is 5.32 Å². The standard InChI is InChI=1S/C26H16ClF7N4O4/c1-37-20-17(38(24(37)41)9-25(32,33)34)8-16(35-22(39)11-4-10(21(30)31)5-13(29)6-11)19-18(20)23(40)36-26(19,42)14-7-12(28)2-3-15(14)27/h2-8,21,42H,9H2,1H3,(H,35,39)(H,36,40)/i1D3. The van der Waals surface area contributed by atoms with Crippen LogP contribution >= 0.6 is 11.6 Å². The predicted octanol–water partition coefficient (Wildman–Crippen LogP) is 4.96. The number of hydrogen-bond donors (Lipinski definition) is 3. The first kappa shape index (κ1) is 25.3. The zero-order valence-electron chi connectivity index (χ0n) is 23.4. The highest BCUT2D eigenvalue weighted by molar-refractivity contribution is 6.31. The Morgan fingerprint density at radius 1 is 1.14 bits per heavy atom. The number of halogens is 8. The number of aryl methyl sites for hydroxylation is 1. The molecule has 1 aromatic heterocycles. The molecule has 1 aliphatic rings. The quantitative estimate of drug-likeness (QED) is 0.275. The summed E-state index contributed by atoms with van der Waals surface area (Å²) in [4.78, 5) is 39.8. The van der Waals surface area contributed by atoms with Crippen LogP contribution in [-0.4, -0.2) is 32.2 Å². The van der Waals surface area contributed by atoms with Gasteiger partial charge in [0.05, 0.1) is 22.3 Å². The van der Waals surface area contributed by atoms with E-state index < -0.39 is 106 Å². The molecule has 4 aromatic rings. The molecule has 3 aromatic carbocycles. The summed E-state index contributed by atoms with van der Waals surface area (Å²) in [7, 11) is 0. The van der Waals surface area contributed by atoms with Crippen LogP contribution in [0.15, 0.2) is 47.3 Å². The number of carbonyl (C=O) groups excluding carboxylic acids is 2. The molecule has 2 amide bonds. The van der Waals surface area contributed by atoms with E-state index in [0.717, 1.165) is 12.1 Å². The van der Waals surface area contributed by atoms with Crippen LogP contribution in [0, 0.1) is 11.6 Å². The molecule has 0 fully saturated rings. The molecule has 1 aliphatic heterocycles. The Hall–Kier alpha value is -4.37. The Balaban J connectivity index is 1.89. The van der Waals surface area contributed by atoms with E-state index in [1.807, 2.05) is 5.32 Å². The van der Waals surface area contributed by atoms with Crippen LogP contribution in [0.2, 0.25) is 5.02 Å². The van der Waals surface area contributed by atoms with E-state index in [2.05, 4.69) is 5.32 Å². The molecule has 0 saturated carbocycles. The Morgan fingerprint density at radius 2 is 1.86 bits per heavy atom. The number of aromatic nitrogens is 2. The average Bonchev–Trinajstić information content (AvgIpc) is 3.34. The third-order valence-corrected chi connectivity index (χ3v) is 6.77. The number of nitrogens with zero attached hydrogens (tertiary/aromatic N) is 2. The summed E-state index contributed by atoms with van der Waals surface area (Å²) in [5.41, 5.74) is -11.2. The smallest absolute Gasteiger partial charge is 0.363 e. The monoisotopic (exact) mass is 619 g/mol. The number of alkyl halides is 5. The highest BCUT2D eigenvalue weighted by Crippen LogP contribution is 2.45. The lowest BCUT2D eigenvalue weighted by Crippen LogP contribution is -2.41. The Kier molecular flexibility index (Phi) is 5.96. The fourth-order valence-electron chi connectivity index (χ4n) is 4.77. The molecule has 8 nitrogen and oxygen atoms in total. The van der Waals surface area contributed by atoms with Crippen LogP contribution < -0.4 is 16.3 Å². The fourth-order valence-corrected chi connectivity index (χ4v) is 5.02. The van der Waals surface area contributed by atoms with E-state index in [0.29, 0.717) is 30.3 Å². The number of nitrogens with one attached hydrogen (secondary N) is 2. The van der Waals surface area contributed by atoms with Gasteiger partial charge in [0, 0.05) is 38.4 Å². The van der Waals surface area contributed by atoms with Gasteiger partial charge < -0.3 is 15.7 Å². The summed E-state index contributed by atoms with van der Waals surface area (Å²) >= 11 is 6.17. The first-order valence-electron chi connectivity index (χ1n) is 13.0. The van der Waals surface area contributed by atoms with Gasteiger partial charge in [-0.3, -0.25) is 18.7 Å². The maximum absolute atomic E-state index is 14.3. The molecule has 0 aliphatic carbocycles. The molecule has 0 radical (unpaired) electrons. The molecule has 5 rings (SSSR count). The van der Waals surface area contributed by atoms with E-state index in [1.165, 1.54) is 0 Å². The minimum absolute atomic E-state index is 0.0471. The van der Waals surface area contributed by atoms with Crippen molar-refractivity contribution >= 4 is 40.1 Å². The second-order valence-electron chi connectivity index (χ2n) is 9.18. The van der Waals surface area contributed by atoms with Crippen molar-refractivity contribution in [1.82, 2.24) is 14.5 Å². The number of hydrogen-bond acceptors (Lipinski definition) is 4. The molecule has 0 saturated heterocycles. The second-order valence-corrected chi connectivity index (χ2v) is 9.59. The van der Waals surface area contributed by atoms with Gasteiger partial charge >= 0.3 is 11.9 Å². The zero-order chi connectivity index (χ0) is 33.4. The van der Waals surface area contributed by atoms with Gasteiger partial charge in [-0.05, 0) is 42.5 Å². The number of rotatable bonds is 5. The molecular weight excluding hydrogens is 601 g/mol. The highest BCUT2D eigenvalue weighted by Gasteiger charge is 2.49. The molecule has 220 valence electrons. The van der Waals surface area contributed by atoms with Gasteiger partial charge in [-0.25, -0.2) is 22.4 Å². The van der Waals surface area contributed by atoms with Crippen molar-refractivity contribution < 1.29 is 49.5 Å². The van der Waals surface area contributed by atoms with E-state index in [4.69, 9.17) is 15.7 Å². The Labute approximate surface area is 239 Å². The van der Waals surface area contributed by atoms with Crippen LogP contribution in [0.3, 0.4) is 0 Å². The molecule has 1 unspecified atom stereocenters. The lowest BCUT2D eigenvalue weighted by molar-refractivity contribution is -0.140. The third kappa shape index (κ3) is 4.77. The minimum atomic E-state index is -5.12. The number of imidazole rings is 1. The molecule has 0 spiro atoms. The van der Waals surface area contributed by atoms with Crippen molar-refractivity contribution in [1.29, 1.82) is 0 Å². The summed E-state index contributed by atoms with van der Waals surface area (Å²) in [6.07, 6.45) is -8.35. The van der Waals surface area contributed by atoms with Crippen molar-refractivity contribution in [2.24, 2.45) is 6.98 Å². The van der Waals surface area contributed by atoms with Crippen molar-refractivity contribution in [2.45, 2.75) is 24.9 Å². The topological polar surface area (TPSA) is 105 Å². The first-order valence-corrected chi connectivity index (χ1v) is 11.9. The minimum Gasteiger partial charge on any atom is -0.363 e. The number of aliphatic hydroxyl groups is 1. The molecule has 0 bridgehead atoms. The first-order chi connectivity index (χ1) is 20.7. The Bertz CT molecular complexity index is 1980.